The van der Waals surface area contributed by atoms with Crippen molar-refractivity contribution in [3.63, 3.8) is 0 Å². The number of aryl methyl sites for hydroxylation is 2. The van der Waals surface area contributed by atoms with Crippen LogP contribution in [0.25, 0.3) is 0 Å². The Morgan fingerprint density at radius 3 is 2.33 bits per heavy atom. The van der Waals surface area contributed by atoms with E-state index in [-0.39, 0.29) is 0 Å². The van der Waals surface area contributed by atoms with Crippen LogP contribution in [0.3, 0.4) is 0 Å². The van der Waals surface area contributed by atoms with Gasteiger partial charge in [0.1, 0.15) is 5.75 Å². The molecule has 0 heterocycles. The van der Waals surface area contributed by atoms with Crippen LogP contribution >= 0.6 is 0 Å². The second-order valence-corrected chi connectivity index (χ2v) is 4.60. The van der Waals surface area contributed by atoms with Crippen molar-refractivity contribution in [2.45, 2.75) is 27.2 Å². The molecular weight excluding hydrogens is 224 g/mol. The number of nitrogens with one attached hydrogen (secondary N) is 2. The number of methoxy groups -OCH3 is 1. The largest absolute Gasteiger partial charge is 0.496 e. The van der Waals surface area contributed by atoms with Crippen molar-refractivity contribution in [1.29, 1.82) is 0 Å². The molecule has 3 nitrogen and oxygen atoms in total. The Morgan fingerprint density at radius 2 is 1.67 bits per heavy atom. The van der Waals surface area contributed by atoms with E-state index >= 15 is 0 Å². The fraction of sp³-hybridized carbons (Fsp3) is 0.600. The number of hydrogen-bond acceptors (Lipinski definition) is 3. The van der Waals surface area contributed by atoms with Crippen molar-refractivity contribution >= 4 is 0 Å². The van der Waals surface area contributed by atoms with E-state index in [0.717, 1.165) is 38.3 Å². The zero-order valence-corrected chi connectivity index (χ0v) is 12.1. The van der Waals surface area contributed by atoms with Gasteiger partial charge in [0.25, 0.3) is 0 Å². The van der Waals surface area contributed by atoms with E-state index < -0.39 is 0 Å². The fourth-order valence-corrected chi connectivity index (χ4v) is 1.94. The molecule has 0 amide bonds. The normalized spacial score (nSPS) is 10.7. The first-order valence-corrected chi connectivity index (χ1v) is 6.74. The molecular formula is C15H26N2O. The van der Waals surface area contributed by atoms with E-state index in [4.69, 9.17) is 4.74 Å². The average Bonchev–Trinajstić information content (AvgIpc) is 2.37. The van der Waals surface area contributed by atoms with Gasteiger partial charge in [0.05, 0.1) is 7.11 Å². The number of rotatable bonds is 8. The highest BCUT2D eigenvalue weighted by atomic mass is 16.5. The van der Waals surface area contributed by atoms with E-state index in [0.29, 0.717) is 0 Å². The summed E-state index contributed by atoms with van der Waals surface area (Å²) in [6, 6.07) is 4.36. The monoisotopic (exact) mass is 250 g/mol. The first-order valence-electron chi connectivity index (χ1n) is 6.74. The van der Waals surface area contributed by atoms with Crippen LogP contribution in [0.1, 0.15) is 23.6 Å². The predicted octanol–water partition coefficient (Wildman–Crippen LogP) is 2.05. The van der Waals surface area contributed by atoms with E-state index in [1.54, 1.807) is 7.11 Å². The molecule has 1 aromatic carbocycles. The maximum atomic E-state index is 5.44. The molecule has 0 atom stereocenters. The van der Waals surface area contributed by atoms with Crippen molar-refractivity contribution in [3.05, 3.63) is 28.8 Å². The molecule has 102 valence electrons. The molecule has 0 saturated carbocycles. The highest BCUT2D eigenvalue weighted by Crippen LogP contribution is 2.23. The highest BCUT2D eigenvalue weighted by Gasteiger charge is 2.05. The summed E-state index contributed by atoms with van der Waals surface area (Å²) in [5.41, 5.74) is 3.91. The summed E-state index contributed by atoms with van der Waals surface area (Å²) < 4.78 is 5.44. The van der Waals surface area contributed by atoms with Crippen LogP contribution in [0.5, 0.6) is 5.75 Å². The van der Waals surface area contributed by atoms with Crippen LogP contribution in [0.2, 0.25) is 0 Å². The van der Waals surface area contributed by atoms with Crippen LogP contribution < -0.4 is 15.4 Å². The predicted molar refractivity (Wildman–Crippen MR) is 77.6 cm³/mol. The summed E-state index contributed by atoms with van der Waals surface area (Å²) in [6.07, 6.45) is 1.01. The summed E-state index contributed by atoms with van der Waals surface area (Å²) in [4.78, 5) is 0. The third-order valence-corrected chi connectivity index (χ3v) is 3.20. The van der Waals surface area contributed by atoms with E-state index in [9.17, 15) is 0 Å². The lowest BCUT2D eigenvalue weighted by atomic mass is 10.0. The SMILES string of the molecule is CCNCCNCCc1cc(C)c(C)cc1OC. The summed E-state index contributed by atoms with van der Waals surface area (Å²) in [7, 11) is 1.74. The maximum absolute atomic E-state index is 5.44. The molecule has 0 aromatic heterocycles. The second-order valence-electron chi connectivity index (χ2n) is 4.60. The molecule has 1 aromatic rings. The molecule has 0 unspecified atom stereocenters. The molecule has 1 rings (SSSR count). The average molecular weight is 250 g/mol. The smallest absolute Gasteiger partial charge is 0.122 e. The molecule has 18 heavy (non-hydrogen) atoms. The first kappa shape index (κ1) is 15.0. The number of ether oxygens (including phenoxy) is 1. The lowest BCUT2D eigenvalue weighted by molar-refractivity contribution is 0.408. The van der Waals surface area contributed by atoms with Gasteiger partial charge in [0.2, 0.25) is 0 Å². The zero-order chi connectivity index (χ0) is 13.4. The number of benzene rings is 1. The topological polar surface area (TPSA) is 33.3 Å². The van der Waals surface area contributed by atoms with Gasteiger partial charge in [0.15, 0.2) is 0 Å². The van der Waals surface area contributed by atoms with Crippen LogP contribution in [0.15, 0.2) is 12.1 Å². The molecule has 0 aliphatic rings. The molecule has 0 bridgehead atoms. The minimum absolute atomic E-state index is 0.990. The quantitative estimate of drug-likeness (QED) is 0.693. The van der Waals surface area contributed by atoms with E-state index in [2.05, 4.69) is 43.5 Å². The second kappa shape index (κ2) is 8.11. The molecule has 0 saturated heterocycles. The molecule has 0 aliphatic heterocycles. The van der Waals surface area contributed by atoms with Crippen molar-refractivity contribution < 1.29 is 4.74 Å². The zero-order valence-electron chi connectivity index (χ0n) is 12.1. The molecule has 2 N–H and O–H groups in total. The van der Waals surface area contributed by atoms with Crippen molar-refractivity contribution in [2.24, 2.45) is 0 Å². The molecule has 0 spiro atoms. The maximum Gasteiger partial charge on any atom is 0.122 e. The van der Waals surface area contributed by atoms with Gasteiger partial charge in [-0.25, -0.2) is 0 Å². The number of hydrogen-bond donors (Lipinski definition) is 2. The van der Waals surface area contributed by atoms with Crippen LogP contribution in [-0.2, 0) is 6.42 Å². The Morgan fingerprint density at radius 1 is 1.00 bits per heavy atom. The molecule has 0 fully saturated rings. The van der Waals surface area contributed by atoms with Gasteiger partial charge in [0, 0.05) is 13.1 Å². The first-order chi connectivity index (χ1) is 8.69. The minimum Gasteiger partial charge on any atom is -0.496 e. The van der Waals surface area contributed by atoms with E-state index in [1.807, 2.05) is 0 Å². The van der Waals surface area contributed by atoms with Crippen molar-refractivity contribution in [1.82, 2.24) is 10.6 Å². The Hall–Kier alpha value is -1.06. The van der Waals surface area contributed by atoms with Crippen LogP contribution in [0, 0.1) is 13.8 Å². The lowest BCUT2D eigenvalue weighted by Gasteiger charge is -2.12. The van der Waals surface area contributed by atoms with Crippen molar-refractivity contribution in [2.75, 3.05) is 33.3 Å². The van der Waals surface area contributed by atoms with Gasteiger partial charge in [-0.2, -0.15) is 0 Å². The Balaban J connectivity index is 2.43. The summed E-state index contributed by atoms with van der Waals surface area (Å²) in [6.45, 7) is 10.5. The summed E-state index contributed by atoms with van der Waals surface area (Å²) in [5, 5.41) is 6.73. The molecule has 3 heteroatoms. The van der Waals surface area contributed by atoms with Gasteiger partial charge in [-0.1, -0.05) is 13.0 Å². The number of likely N-dealkylation sites (N-methyl/N-ethyl adjacent to an activating group) is 1. The third kappa shape index (κ3) is 4.67. The highest BCUT2D eigenvalue weighted by molar-refractivity contribution is 5.41. The Labute approximate surface area is 111 Å². The Kier molecular flexibility index (Phi) is 6.76. The Bertz CT molecular complexity index is 364. The fourth-order valence-electron chi connectivity index (χ4n) is 1.94. The molecule has 0 aliphatic carbocycles. The molecule has 0 radical (unpaired) electrons. The van der Waals surface area contributed by atoms with Gasteiger partial charge in [-0.05, 0) is 56.1 Å². The van der Waals surface area contributed by atoms with Gasteiger partial charge < -0.3 is 15.4 Å². The summed E-state index contributed by atoms with van der Waals surface area (Å²) >= 11 is 0. The van der Waals surface area contributed by atoms with Gasteiger partial charge in [-0.15, -0.1) is 0 Å². The standard InChI is InChI=1S/C15H26N2O/c1-5-16-8-9-17-7-6-14-10-12(2)13(3)11-15(14)18-4/h10-11,16-17H,5-9H2,1-4H3. The van der Waals surface area contributed by atoms with Gasteiger partial charge in [-0.3, -0.25) is 0 Å². The summed E-state index contributed by atoms with van der Waals surface area (Å²) in [5.74, 6) is 1.01. The van der Waals surface area contributed by atoms with Crippen LogP contribution in [-0.4, -0.2) is 33.3 Å². The van der Waals surface area contributed by atoms with Crippen molar-refractivity contribution in [3.8, 4) is 5.75 Å². The van der Waals surface area contributed by atoms with Crippen LogP contribution in [0.4, 0.5) is 0 Å². The lowest BCUT2D eigenvalue weighted by Crippen LogP contribution is -2.28. The van der Waals surface area contributed by atoms with E-state index in [1.165, 1.54) is 16.7 Å². The minimum atomic E-state index is 0.990. The van der Waals surface area contributed by atoms with Gasteiger partial charge >= 0.3 is 0 Å². The third-order valence-electron chi connectivity index (χ3n) is 3.20.